The number of ether oxygens (including phenoxy) is 1. The number of methoxy groups -OCH3 is 1. The third kappa shape index (κ3) is 8.96. The Hall–Kier alpha value is -5.26. The van der Waals surface area contributed by atoms with Crippen molar-refractivity contribution in [3.8, 4) is 17.0 Å². The van der Waals surface area contributed by atoms with Crippen LogP contribution in [0.4, 0.5) is 17.1 Å². The number of carbonyl (C=O) groups is 2. The summed E-state index contributed by atoms with van der Waals surface area (Å²) in [5.41, 5.74) is 6.15. The molecule has 0 saturated carbocycles. The molecule has 4 aromatic carbocycles. The van der Waals surface area contributed by atoms with E-state index >= 15 is 0 Å². The fraction of sp³-hybridized carbons (Fsp3) is 0.293. The van der Waals surface area contributed by atoms with Gasteiger partial charge < -0.3 is 19.5 Å². The van der Waals surface area contributed by atoms with Gasteiger partial charge in [-0.15, -0.1) is 0 Å². The minimum Gasteiger partial charge on any atom is -0.497 e. The maximum Gasteiger partial charge on any atom is 0.278 e. The molecule has 10 nitrogen and oxygen atoms in total. The third-order valence-corrected chi connectivity index (χ3v) is 9.78. The molecule has 1 amide bonds. The zero-order valence-corrected chi connectivity index (χ0v) is 31.5. The van der Waals surface area contributed by atoms with E-state index in [-0.39, 0.29) is 12.3 Å². The Morgan fingerprint density at radius 1 is 0.942 bits per heavy atom. The number of rotatable bonds is 16. The van der Waals surface area contributed by atoms with Gasteiger partial charge in [0.2, 0.25) is 15.8 Å². The van der Waals surface area contributed by atoms with E-state index < -0.39 is 21.7 Å². The number of anilines is 2. The van der Waals surface area contributed by atoms with Gasteiger partial charge in [-0.2, -0.15) is 0 Å². The molecule has 0 saturated heterocycles. The molecule has 0 aliphatic rings. The van der Waals surface area contributed by atoms with Crippen molar-refractivity contribution in [2.45, 2.75) is 40.0 Å². The summed E-state index contributed by atoms with van der Waals surface area (Å²) in [6.07, 6.45) is 4.24. The van der Waals surface area contributed by atoms with Crippen molar-refractivity contribution >= 4 is 55.4 Å². The number of likely N-dealkylation sites (N-methyl/N-ethyl adjacent to an activating group) is 1. The van der Waals surface area contributed by atoms with Crippen molar-refractivity contribution in [2.24, 2.45) is 12.0 Å². The molecule has 1 heterocycles. The second-order valence-corrected chi connectivity index (χ2v) is 14.6. The number of hydrogen-bond donors (Lipinski definition) is 2. The van der Waals surface area contributed by atoms with Crippen molar-refractivity contribution in [3.05, 3.63) is 108 Å². The van der Waals surface area contributed by atoms with E-state index in [1.807, 2.05) is 115 Å². The zero-order chi connectivity index (χ0) is 37.4. The molecule has 0 spiro atoms. The van der Waals surface area contributed by atoms with Crippen molar-refractivity contribution in [2.75, 3.05) is 43.2 Å². The Kier molecular flexibility index (Phi) is 12.3. The zero-order valence-electron chi connectivity index (χ0n) is 30.7. The van der Waals surface area contributed by atoms with E-state index in [0.29, 0.717) is 46.9 Å². The topological polar surface area (TPSA) is 122 Å². The van der Waals surface area contributed by atoms with Gasteiger partial charge in [-0.05, 0) is 91.9 Å². The van der Waals surface area contributed by atoms with Crippen LogP contribution in [0.2, 0.25) is 0 Å². The number of fused-ring (bicyclic) bond motifs is 1. The predicted octanol–water partition coefficient (Wildman–Crippen LogP) is 7.47. The van der Waals surface area contributed by atoms with Crippen molar-refractivity contribution < 1.29 is 22.7 Å². The minimum atomic E-state index is -3.32. The molecule has 0 bridgehead atoms. The molecular formula is C41H47N5O5S. The lowest BCUT2D eigenvalue weighted by Crippen LogP contribution is -2.34. The SMILES string of the molecule is CCCCc1ccc(NC(=O)C(=Nc2ccc(N(CC)CCNS(C)(=O)=O)cc2C)C(=O)c2c(-c3ccccc3)n(C)c3ccc(OC)cc23)cc1. The van der Waals surface area contributed by atoms with E-state index in [1.54, 1.807) is 13.2 Å². The van der Waals surface area contributed by atoms with Crippen LogP contribution in [0.15, 0.2) is 96.0 Å². The Bertz CT molecular complexity index is 2190. The lowest BCUT2D eigenvalue weighted by atomic mass is 9.98. The summed E-state index contributed by atoms with van der Waals surface area (Å²) in [5.74, 6) is -0.576. The van der Waals surface area contributed by atoms with Gasteiger partial charge in [0, 0.05) is 49.0 Å². The molecule has 5 rings (SSSR count). The van der Waals surface area contributed by atoms with E-state index in [1.165, 1.54) is 5.56 Å². The number of aryl methyl sites for hydroxylation is 3. The van der Waals surface area contributed by atoms with Gasteiger partial charge >= 0.3 is 0 Å². The quantitative estimate of drug-likeness (QED) is 0.0620. The largest absolute Gasteiger partial charge is 0.497 e. The lowest BCUT2D eigenvalue weighted by molar-refractivity contribution is -0.110. The number of nitrogens with zero attached hydrogens (tertiary/aromatic N) is 3. The normalized spacial score (nSPS) is 11.8. The fourth-order valence-corrected chi connectivity index (χ4v) is 6.74. The Morgan fingerprint density at radius 2 is 1.67 bits per heavy atom. The first-order valence-corrected chi connectivity index (χ1v) is 19.4. The first-order chi connectivity index (χ1) is 24.9. The van der Waals surface area contributed by atoms with Crippen LogP contribution in [-0.2, 0) is 28.3 Å². The summed E-state index contributed by atoms with van der Waals surface area (Å²) < 4.78 is 33.3. The first-order valence-electron chi connectivity index (χ1n) is 17.5. The first kappa shape index (κ1) is 38.0. The van der Waals surface area contributed by atoms with Gasteiger partial charge in [0.25, 0.3) is 5.91 Å². The molecule has 0 unspecified atom stereocenters. The molecule has 2 N–H and O–H groups in total. The van der Waals surface area contributed by atoms with Crippen LogP contribution in [0.3, 0.4) is 0 Å². The standard InChI is InChI=1S/C41H47N5O5S/c1-7-9-13-29-16-18-31(19-17-29)43-41(48)38(44-35-22-20-32(26-28(35)3)46(8-2)25-24-42-52(6,49)50)40(47)37-34-27-33(51-5)21-23-36(34)45(4)39(37)30-14-11-10-12-15-30/h10-12,14-23,26-27,42H,7-9,13,24-25H2,1-6H3,(H,43,48). The Balaban J connectivity index is 1.62. The summed E-state index contributed by atoms with van der Waals surface area (Å²) in [7, 11) is 0.160. The second-order valence-electron chi connectivity index (χ2n) is 12.8. The van der Waals surface area contributed by atoms with E-state index in [0.717, 1.165) is 47.8 Å². The van der Waals surface area contributed by atoms with E-state index in [9.17, 15) is 18.0 Å². The maximum atomic E-state index is 15.0. The predicted molar refractivity (Wildman–Crippen MR) is 212 cm³/mol. The number of carbonyl (C=O) groups excluding carboxylic acids is 2. The molecule has 0 radical (unpaired) electrons. The molecule has 5 aromatic rings. The highest BCUT2D eigenvalue weighted by molar-refractivity contribution is 7.88. The molecule has 0 atom stereocenters. The van der Waals surface area contributed by atoms with Crippen molar-refractivity contribution in [1.29, 1.82) is 0 Å². The summed E-state index contributed by atoms with van der Waals surface area (Å²) >= 11 is 0. The van der Waals surface area contributed by atoms with Crippen LogP contribution >= 0.6 is 0 Å². The summed E-state index contributed by atoms with van der Waals surface area (Å²) in [5, 5.41) is 3.58. The monoisotopic (exact) mass is 721 g/mol. The van der Waals surface area contributed by atoms with Crippen LogP contribution in [0.25, 0.3) is 22.2 Å². The number of amides is 1. The number of unbranched alkanes of at least 4 members (excludes halogenated alkanes) is 1. The third-order valence-electron chi connectivity index (χ3n) is 9.05. The van der Waals surface area contributed by atoms with E-state index in [2.05, 4.69) is 17.0 Å². The van der Waals surface area contributed by atoms with Crippen LogP contribution in [0, 0.1) is 6.92 Å². The number of hydrogen-bond acceptors (Lipinski definition) is 7. The number of ketones is 1. The van der Waals surface area contributed by atoms with Crippen LogP contribution in [0.1, 0.15) is 48.2 Å². The number of nitrogens with one attached hydrogen (secondary N) is 2. The number of sulfonamides is 1. The summed E-state index contributed by atoms with van der Waals surface area (Å²) in [6.45, 7) is 7.37. The van der Waals surface area contributed by atoms with Gasteiger partial charge in [0.1, 0.15) is 5.75 Å². The van der Waals surface area contributed by atoms with Crippen LogP contribution in [-0.4, -0.2) is 63.4 Å². The van der Waals surface area contributed by atoms with Crippen LogP contribution < -0.4 is 19.7 Å². The van der Waals surface area contributed by atoms with Gasteiger partial charge in [-0.3, -0.25) is 9.59 Å². The summed E-state index contributed by atoms with van der Waals surface area (Å²) in [6, 6.07) is 28.4. The smallest absolute Gasteiger partial charge is 0.278 e. The van der Waals surface area contributed by atoms with Gasteiger partial charge in [-0.1, -0.05) is 55.8 Å². The maximum absolute atomic E-state index is 15.0. The molecule has 52 heavy (non-hydrogen) atoms. The highest BCUT2D eigenvalue weighted by Crippen LogP contribution is 2.36. The average molecular weight is 722 g/mol. The summed E-state index contributed by atoms with van der Waals surface area (Å²) in [4.78, 5) is 36.1. The van der Waals surface area contributed by atoms with Gasteiger partial charge in [-0.25, -0.2) is 18.1 Å². The van der Waals surface area contributed by atoms with Gasteiger partial charge in [0.15, 0.2) is 5.71 Å². The van der Waals surface area contributed by atoms with Crippen LogP contribution in [0.5, 0.6) is 5.75 Å². The Labute approximate surface area is 306 Å². The van der Waals surface area contributed by atoms with Crippen molar-refractivity contribution in [3.63, 3.8) is 0 Å². The number of aliphatic imine (C=N–C) groups is 1. The number of benzene rings is 4. The molecule has 0 aliphatic heterocycles. The highest BCUT2D eigenvalue weighted by Gasteiger charge is 2.30. The van der Waals surface area contributed by atoms with Gasteiger partial charge in [0.05, 0.1) is 30.3 Å². The molecule has 272 valence electrons. The molecule has 11 heteroatoms. The number of Topliss-reactive ketones (excluding diaryl/α,β-unsaturated/α-hetero) is 1. The fourth-order valence-electron chi connectivity index (χ4n) is 6.28. The molecule has 0 aliphatic carbocycles. The molecule has 0 fully saturated rings. The molecular weight excluding hydrogens is 675 g/mol. The number of aromatic nitrogens is 1. The second kappa shape index (κ2) is 16.8. The van der Waals surface area contributed by atoms with E-state index in [4.69, 9.17) is 9.73 Å². The Morgan fingerprint density at radius 3 is 2.31 bits per heavy atom. The lowest BCUT2D eigenvalue weighted by Gasteiger charge is -2.24. The minimum absolute atomic E-state index is 0.254. The average Bonchev–Trinajstić information content (AvgIpc) is 3.43. The van der Waals surface area contributed by atoms with Crippen molar-refractivity contribution in [1.82, 2.24) is 9.29 Å². The molecule has 1 aromatic heterocycles. The highest BCUT2D eigenvalue weighted by atomic mass is 32.2.